The third kappa shape index (κ3) is 5.95. The highest BCUT2D eigenvalue weighted by Gasteiger charge is 2.33. The molecule has 1 saturated carbocycles. The maximum atomic E-state index is 13.4. The van der Waals surface area contributed by atoms with E-state index in [4.69, 9.17) is 16.3 Å². The molecular weight excluding hydrogens is 512 g/mol. The molecule has 2 aromatic carbocycles. The largest absolute Gasteiger partial charge is 0.503 e. The minimum atomic E-state index is -0.105. The first kappa shape index (κ1) is 26.8. The highest BCUT2D eigenvalue weighted by atomic mass is 35.5. The lowest BCUT2D eigenvalue weighted by molar-refractivity contribution is -0.116. The van der Waals surface area contributed by atoms with E-state index in [1.807, 2.05) is 43.3 Å². The number of aromatic hydroxyl groups is 1. The molecule has 1 atom stereocenters. The van der Waals surface area contributed by atoms with E-state index in [0.717, 1.165) is 65.4 Å². The molecule has 2 heterocycles. The van der Waals surface area contributed by atoms with Crippen molar-refractivity contribution in [3.8, 4) is 22.6 Å². The Hall–Kier alpha value is -3.81. The van der Waals surface area contributed by atoms with Gasteiger partial charge in [0.05, 0.1) is 29.7 Å². The number of pyridine rings is 1. The Morgan fingerprint density at radius 2 is 2.00 bits per heavy atom. The van der Waals surface area contributed by atoms with E-state index >= 15 is 0 Å². The Morgan fingerprint density at radius 1 is 1.18 bits per heavy atom. The molecule has 39 heavy (non-hydrogen) atoms. The van der Waals surface area contributed by atoms with Crippen molar-refractivity contribution in [2.75, 3.05) is 30.8 Å². The molecule has 0 radical (unpaired) electrons. The number of Topliss-reactive ketones (excluding diaryl/α,β-unsaturated/α-hetero) is 1. The normalized spacial score (nSPS) is 18.0. The van der Waals surface area contributed by atoms with Crippen LogP contribution in [0.5, 0.6) is 11.5 Å². The van der Waals surface area contributed by atoms with E-state index < -0.39 is 0 Å². The number of nitrogens with zero attached hydrogens (tertiary/aromatic N) is 1. The number of methoxy groups -OCH3 is 1. The zero-order valence-electron chi connectivity index (χ0n) is 22.2. The van der Waals surface area contributed by atoms with Crippen molar-refractivity contribution in [2.24, 2.45) is 5.92 Å². The van der Waals surface area contributed by atoms with E-state index in [1.54, 1.807) is 18.3 Å². The second-order valence-corrected chi connectivity index (χ2v) is 10.4. The molecule has 2 aliphatic rings. The maximum Gasteiger partial charge on any atom is 0.176 e. The van der Waals surface area contributed by atoms with Gasteiger partial charge in [-0.15, -0.1) is 0 Å². The number of ketones is 1. The molecule has 1 saturated heterocycles. The van der Waals surface area contributed by atoms with E-state index in [2.05, 4.69) is 27.5 Å². The summed E-state index contributed by atoms with van der Waals surface area (Å²) < 4.78 is 5.31. The van der Waals surface area contributed by atoms with Gasteiger partial charge in [0.25, 0.3) is 0 Å². The number of nitrogens with one attached hydrogen (secondary N) is 3. The third-order valence-corrected chi connectivity index (χ3v) is 7.47. The number of phenols is 1. The summed E-state index contributed by atoms with van der Waals surface area (Å²) in [5.41, 5.74) is 3.68. The zero-order chi connectivity index (χ0) is 27.5. The minimum Gasteiger partial charge on any atom is -0.503 e. The number of phenolic OH excluding ortho intramolecular Hbond substituents is 1. The summed E-state index contributed by atoms with van der Waals surface area (Å²) in [4.78, 5) is 18.0. The number of rotatable bonds is 9. The van der Waals surface area contributed by atoms with Crippen LogP contribution in [0.4, 0.5) is 11.5 Å². The molecule has 1 aromatic heterocycles. The number of ether oxygens (including phenoxy) is 1. The highest BCUT2D eigenvalue weighted by molar-refractivity contribution is 6.32. The van der Waals surface area contributed by atoms with Gasteiger partial charge in [-0.2, -0.15) is 0 Å². The summed E-state index contributed by atoms with van der Waals surface area (Å²) in [5, 5.41) is 22.2. The Morgan fingerprint density at radius 3 is 2.64 bits per heavy atom. The predicted octanol–water partition coefficient (Wildman–Crippen LogP) is 4.45. The van der Waals surface area contributed by atoms with E-state index in [1.165, 1.54) is 7.11 Å². The van der Waals surface area contributed by atoms with Gasteiger partial charge < -0.3 is 25.8 Å². The van der Waals surface area contributed by atoms with Gasteiger partial charge in [0.1, 0.15) is 5.82 Å². The summed E-state index contributed by atoms with van der Waals surface area (Å²) in [5.74, 6) is 1.17. The van der Waals surface area contributed by atoms with Crippen LogP contribution < -0.4 is 31.1 Å². The van der Waals surface area contributed by atoms with Crippen LogP contribution in [-0.4, -0.2) is 42.1 Å². The molecule has 0 bridgehead atoms. The first-order valence-electron chi connectivity index (χ1n) is 13.2. The minimum absolute atomic E-state index is 0.0503. The van der Waals surface area contributed by atoms with Crippen LogP contribution in [-0.2, 0) is 4.79 Å². The molecule has 2 fully saturated rings. The second-order valence-electron chi connectivity index (χ2n) is 9.99. The molecule has 4 N–H and O–H groups in total. The third-order valence-electron chi connectivity index (χ3n) is 7.18. The van der Waals surface area contributed by atoms with Gasteiger partial charge in [-0.25, -0.2) is 4.98 Å². The van der Waals surface area contributed by atoms with Crippen molar-refractivity contribution in [1.82, 2.24) is 10.3 Å². The van der Waals surface area contributed by atoms with Crippen molar-refractivity contribution < 1.29 is 14.6 Å². The van der Waals surface area contributed by atoms with Crippen LogP contribution in [0.1, 0.15) is 26.2 Å². The van der Waals surface area contributed by atoms with Crippen LogP contribution in [0.25, 0.3) is 23.4 Å². The van der Waals surface area contributed by atoms with Gasteiger partial charge in [-0.3, -0.25) is 4.79 Å². The number of anilines is 2. The molecule has 1 aliphatic carbocycles. The molecule has 3 aromatic rings. The van der Waals surface area contributed by atoms with Gasteiger partial charge in [-0.1, -0.05) is 36.4 Å². The Balaban J connectivity index is 1.58. The Labute approximate surface area is 233 Å². The first-order valence-corrected chi connectivity index (χ1v) is 13.6. The molecule has 5 rings (SSSR count). The highest BCUT2D eigenvalue weighted by Crippen LogP contribution is 2.38. The smallest absolute Gasteiger partial charge is 0.176 e. The lowest BCUT2D eigenvalue weighted by Crippen LogP contribution is -2.31. The number of hydrogen-bond donors (Lipinski definition) is 4. The van der Waals surface area contributed by atoms with Crippen LogP contribution in [0.2, 0.25) is 5.02 Å². The van der Waals surface area contributed by atoms with Crippen molar-refractivity contribution in [2.45, 2.75) is 32.2 Å². The number of hydrogen-bond acceptors (Lipinski definition) is 7. The Kier molecular flexibility index (Phi) is 7.91. The van der Waals surface area contributed by atoms with Crippen molar-refractivity contribution >= 4 is 41.2 Å². The summed E-state index contributed by atoms with van der Waals surface area (Å²) in [6.07, 6.45) is 6.52. The fraction of sp³-hybridized carbons (Fsp3) is 0.290. The van der Waals surface area contributed by atoms with Crippen LogP contribution >= 0.6 is 11.6 Å². The lowest BCUT2D eigenvalue weighted by Gasteiger charge is -2.17. The number of halogens is 1. The SMILES string of the molecule is C=c1ccc(-c2cc(Cl)c(O)c(OC)c2)c/c1=C(Nc1ccc(NC2CCNC2)nc1)/C(=C\C)C(=O)C1CC1. The summed E-state index contributed by atoms with van der Waals surface area (Å²) in [6, 6.07) is 13.5. The van der Waals surface area contributed by atoms with Gasteiger partial charge in [0, 0.05) is 29.3 Å². The standard InChI is InChI=1S/C31H33ClN4O3/c1-4-24(30(37)19-7-8-19)29(36-22-9-10-28(34-17-22)35-23-11-12-33-16-23)25-13-20(6-5-18(25)2)21-14-26(32)31(38)27(15-21)39-3/h4-6,9-10,13-15,17,19,23,33,36,38H,2,7-8,11-12,16H2,1,3H3,(H,34,35)/b24-4+,29-25+. The monoisotopic (exact) mass is 544 g/mol. The molecule has 0 amide bonds. The molecule has 1 unspecified atom stereocenters. The van der Waals surface area contributed by atoms with Gasteiger partial charge in [0.15, 0.2) is 17.3 Å². The van der Waals surface area contributed by atoms with Crippen molar-refractivity contribution in [1.29, 1.82) is 0 Å². The number of benzene rings is 2. The molecule has 8 heteroatoms. The molecule has 0 spiro atoms. The number of carbonyl (C=O) groups is 1. The molecular formula is C31H33ClN4O3. The Bertz CT molecular complexity index is 1520. The van der Waals surface area contributed by atoms with Crippen LogP contribution in [0.3, 0.4) is 0 Å². The zero-order valence-corrected chi connectivity index (χ0v) is 22.9. The summed E-state index contributed by atoms with van der Waals surface area (Å²) in [7, 11) is 1.48. The van der Waals surface area contributed by atoms with E-state index in [9.17, 15) is 9.90 Å². The second kappa shape index (κ2) is 11.5. The molecule has 202 valence electrons. The van der Waals surface area contributed by atoms with Gasteiger partial charge in [0.2, 0.25) is 0 Å². The van der Waals surface area contributed by atoms with Crippen molar-refractivity contribution in [3.05, 3.63) is 75.8 Å². The van der Waals surface area contributed by atoms with E-state index in [0.29, 0.717) is 17.3 Å². The molecule has 7 nitrogen and oxygen atoms in total. The maximum absolute atomic E-state index is 13.4. The van der Waals surface area contributed by atoms with Gasteiger partial charge >= 0.3 is 0 Å². The first-order chi connectivity index (χ1) is 18.9. The lowest BCUT2D eigenvalue weighted by atomic mass is 9.98. The van der Waals surface area contributed by atoms with E-state index in [-0.39, 0.29) is 28.2 Å². The van der Waals surface area contributed by atoms with Crippen molar-refractivity contribution in [3.63, 3.8) is 0 Å². The average Bonchev–Trinajstić information content (AvgIpc) is 3.67. The molecule has 1 aliphatic heterocycles. The fourth-order valence-corrected chi connectivity index (χ4v) is 5.04. The fourth-order valence-electron chi connectivity index (χ4n) is 4.82. The van der Waals surface area contributed by atoms with Crippen LogP contribution in [0.15, 0.2) is 60.3 Å². The number of allylic oxidation sites excluding steroid dienone is 1. The average molecular weight is 545 g/mol. The number of carbonyl (C=O) groups excluding carboxylic acids is 1. The number of aromatic nitrogens is 1. The van der Waals surface area contributed by atoms with Gasteiger partial charge in [-0.05, 0) is 79.4 Å². The quantitative estimate of drug-likeness (QED) is 0.296. The van der Waals surface area contributed by atoms with Crippen LogP contribution in [0, 0.1) is 5.92 Å². The summed E-state index contributed by atoms with van der Waals surface area (Å²) >= 11 is 6.28. The summed E-state index contributed by atoms with van der Waals surface area (Å²) in [6.45, 7) is 8.09. The predicted molar refractivity (Wildman–Crippen MR) is 158 cm³/mol. The topological polar surface area (TPSA) is 95.5 Å².